The molecule has 0 aliphatic carbocycles. The summed E-state index contributed by atoms with van der Waals surface area (Å²) in [5, 5.41) is 0.109. The minimum atomic E-state index is -3.82. The molecule has 1 aromatic carbocycles. The van der Waals surface area contributed by atoms with Crippen LogP contribution in [-0.4, -0.2) is 17.4 Å². The number of hydrogen-bond acceptors (Lipinski definition) is 3. The Bertz CT molecular complexity index is 710. The number of benzene rings is 1. The number of aromatic nitrogens is 2. The molecule has 8 heteroatoms. The molecule has 2 aromatic rings. The first-order valence-electron chi connectivity index (χ1n) is 4.74. The van der Waals surface area contributed by atoms with Gasteiger partial charge in [-0.1, -0.05) is 34.8 Å². The third kappa shape index (κ3) is 2.12. The van der Waals surface area contributed by atoms with Gasteiger partial charge in [-0.2, -0.15) is 0 Å². The van der Waals surface area contributed by atoms with E-state index < -0.39 is 10.0 Å². The molecule has 96 valence electrons. The zero-order valence-electron chi connectivity index (χ0n) is 9.06. The van der Waals surface area contributed by atoms with Crippen molar-refractivity contribution in [3.8, 4) is 0 Å². The van der Waals surface area contributed by atoms with Gasteiger partial charge in [-0.05, 0) is 19.1 Å². The molecule has 1 aromatic heterocycles. The second-order valence-electron chi connectivity index (χ2n) is 3.45. The third-order valence-corrected chi connectivity index (χ3v) is 5.52. The lowest BCUT2D eigenvalue weighted by atomic mass is 10.4. The molecule has 4 nitrogen and oxygen atoms in total. The van der Waals surface area contributed by atoms with Crippen molar-refractivity contribution in [2.24, 2.45) is 0 Å². The summed E-state index contributed by atoms with van der Waals surface area (Å²) in [6, 6.07) is 2.69. The summed E-state index contributed by atoms with van der Waals surface area (Å²) < 4.78 is 25.7. The lowest BCUT2D eigenvalue weighted by Crippen LogP contribution is -2.14. The van der Waals surface area contributed by atoms with Gasteiger partial charge >= 0.3 is 0 Å². The molecule has 0 radical (unpaired) electrons. The maximum Gasteiger partial charge on any atom is 0.270 e. The maximum absolute atomic E-state index is 12.3. The summed E-state index contributed by atoms with van der Waals surface area (Å²) >= 11 is 17.5. The summed E-state index contributed by atoms with van der Waals surface area (Å²) in [6.45, 7) is 1.57. The van der Waals surface area contributed by atoms with Crippen LogP contribution in [0.2, 0.25) is 15.1 Å². The highest BCUT2D eigenvalue weighted by molar-refractivity contribution is 7.90. The van der Waals surface area contributed by atoms with Crippen LogP contribution in [0.5, 0.6) is 0 Å². The Morgan fingerprint density at radius 3 is 2.39 bits per heavy atom. The van der Waals surface area contributed by atoms with Gasteiger partial charge in [-0.3, -0.25) is 0 Å². The summed E-state index contributed by atoms with van der Waals surface area (Å²) in [6.07, 6.45) is 2.72. The van der Waals surface area contributed by atoms with Crippen molar-refractivity contribution in [1.29, 1.82) is 0 Å². The molecule has 1 heterocycles. The molecular formula is C10H7Cl3N2O2S. The third-order valence-electron chi connectivity index (χ3n) is 2.32. The highest BCUT2D eigenvalue weighted by atomic mass is 35.5. The van der Waals surface area contributed by atoms with E-state index in [0.29, 0.717) is 5.82 Å². The van der Waals surface area contributed by atoms with E-state index in [1.807, 2.05) is 0 Å². The smallest absolute Gasteiger partial charge is 0.241 e. The molecule has 0 saturated carbocycles. The van der Waals surface area contributed by atoms with Crippen LogP contribution in [0.3, 0.4) is 0 Å². The van der Waals surface area contributed by atoms with Crippen molar-refractivity contribution >= 4 is 44.8 Å². The van der Waals surface area contributed by atoms with Crippen LogP contribution in [-0.2, 0) is 10.0 Å². The van der Waals surface area contributed by atoms with Gasteiger partial charge in [0.15, 0.2) is 0 Å². The van der Waals surface area contributed by atoms with E-state index in [4.69, 9.17) is 34.8 Å². The van der Waals surface area contributed by atoms with E-state index in [0.717, 1.165) is 3.97 Å². The fourth-order valence-corrected chi connectivity index (χ4v) is 3.71. The van der Waals surface area contributed by atoms with Crippen LogP contribution < -0.4 is 0 Å². The molecule has 0 unspecified atom stereocenters. The lowest BCUT2D eigenvalue weighted by Gasteiger charge is -2.10. The molecule has 0 aliphatic rings. The van der Waals surface area contributed by atoms with Gasteiger partial charge in [0.1, 0.15) is 10.7 Å². The molecule has 0 N–H and O–H groups in total. The van der Waals surface area contributed by atoms with E-state index in [2.05, 4.69) is 4.98 Å². The van der Waals surface area contributed by atoms with Gasteiger partial charge in [-0.15, -0.1) is 0 Å². The number of halogens is 3. The number of aryl methyl sites for hydroxylation is 1. The highest BCUT2D eigenvalue weighted by Gasteiger charge is 2.24. The first-order valence-corrected chi connectivity index (χ1v) is 7.32. The van der Waals surface area contributed by atoms with E-state index >= 15 is 0 Å². The molecule has 0 aliphatic heterocycles. The van der Waals surface area contributed by atoms with Gasteiger partial charge in [0, 0.05) is 12.4 Å². The van der Waals surface area contributed by atoms with Crippen molar-refractivity contribution in [3.05, 3.63) is 45.4 Å². The number of hydrogen-bond donors (Lipinski definition) is 0. The number of imidazole rings is 1. The van der Waals surface area contributed by atoms with Gasteiger partial charge in [-0.25, -0.2) is 17.4 Å². The first kappa shape index (κ1) is 13.7. The molecule has 0 saturated heterocycles. The summed E-state index contributed by atoms with van der Waals surface area (Å²) in [5.74, 6) is 0.331. The molecule has 18 heavy (non-hydrogen) atoms. The van der Waals surface area contributed by atoms with Crippen molar-refractivity contribution in [3.63, 3.8) is 0 Å². The standard InChI is InChI=1S/C10H7Cl3N2O2S/c1-6-14-4-5-15(6)18(16,17)8-3-2-7(11)9(12)10(8)13/h2-5H,1H3. The zero-order chi connectivity index (χ0) is 13.5. The fourth-order valence-electron chi connectivity index (χ4n) is 1.43. The SMILES string of the molecule is Cc1nccn1S(=O)(=O)c1ccc(Cl)c(Cl)c1Cl. The van der Waals surface area contributed by atoms with Crippen LogP contribution >= 0.6 is 34.8 Å². The van der Waals surface area contributed by atoms with Crippen LogP contribution in [0.1, 0.15) is 5.82 Å². The molecule has 0 atom stereocenters. The molecule has 0 bridgehead atoms. The molecule has 0 fully saturated rings. The monoisotopic (exact) mass is 324 g/mol. The van der Waals surface area contributed by atoms with E-state index in [-0.39, 0.29) is 20.0 Å². The molecule has 2 rings (SSSR count). The Hall–Kier alpha value is -0.750. The Balaban J connectivity index is 2.70. The minimum absolute atomic E-state index is 0.0113. The fraction of sp³-hybridized carbons (Fsp3) is 0.100. The van der Waals surface area contributed by atoms with Crippen LogP contribution in [0.15, 0.2) is 29.4 Å². The van der Waals surface area contributed by atoms with Gasteiger partial charge in [0.25, 0.3) is 10.0 Å². The second kappa shape index (κ2) is 4.74. The second-order valence-corrected chi connectivity index (χ2v) is 6.40. The normalized spacial score (nSPS) is 11.8. The average Bonchev–Trinajstić information content (AvgIpc) is 2.73. The molecular weight excluding hydrogens is 319 g/mol. The topological polar surface area (TPSA) is 52.0 Å². The van der Waals surface area contributed by atoms with Crippen LogP contribution in [0.4, 0.5) is 0 Å². The van der Waals surface area contributed by atoms with E-state index in [1.165, 1.54) is 24.5 Å². The lowest BCUT2D eigenvalue weighted by molar-refractivity contribution is 0.586. The predicted octanol–water partition coefficient (Wildman–Crippen LogP) is 3.39. The zero-order valence-corrected chi connectivity index (χ0v) is 12.1. The van der Waals surface area contributed by atoms with Gasteiger partial charge in [0.2, 0.25) is 0 Å². The van der Waals surface area contributed by atoms with E-state index in [1.54, 1.807) is 6.92 Å². The van der Waals surface area contributed by atoms with Gasteiger partial charge in [0.05, 0.1) is 15.1 Å². The van der Waals surface area contributed by atoms with Crippen molar-refractivity contribution in [1.82, 2.24) is 8.96 Å². The summed E-state index contributed by atoms with van der Waals surface area (Å²) in [7, 11) is -3.82. The van der Waals surface area contributed by atoms with Crippen molar-refractivity contribution in [2.75, 3.05) is 0 Å². The summed E-state index contributed by atoms with van der Waals surface area (Å²) in [4.78, 5) is 3.75. The minimum Gasteiger partial charge on any atom is -0.241 e. The van der Waals surface area contributed by atoms with E-state index in [9.17, 15) is 8.42 Å². The summed E-state index contributed by atoms with van der Waals surface area (Å²) in [5.41, 5.74) is 0. The Labute approximate surface area is 119 Å². The number of nitrogens with zero attached hydrogens (tertiary/aromatic N) is 2. The van der Waals surface area contributed by atoms with Crippen molar-refractivity contribution < 1.29 is 8.42 Å². The molecule has 0 amide bonds. The highest BCUT2D eigenvalue weighted by Crippen LogP contribution is 2.35. The number of rotatable bonds is 2. The Morgan fingerprint density at radius 1 is 1.17 bits per heavy atom. The van der Waals surface area contributed by atoms with Crippen LogP contribution in [0, 0.1) is 6.92 Å². The Kier molecular flexibility index (Phi) is 3.60. The quantitative estimate of drug-likeness (QED) is 0.795. The largest absolute Gasteiger partial charge is 0.270 e. The predicted molar refractivity (Wildman–Crippen MR) is 71.0 cm³/mol. The molecule has 0 spiro atoms. The van der Waals surface area contributed by atoms with Gasteiger partial charge < -0.3 is 0 Å². The maximum atomic E-state index is 12.3. The first-order chi connectivity index (χ1) is 8.35. The van der Waals surface area contributed by atoms with Crippen LogP contribution in [0.25, 0.3) is 0 Å². The average molecular weight is 326 g/mol. The Morgan fingerprint density at radius 2 is 1.83 bits per heavy atom. The van der Waals surface area contributed by atoms with Crippen molar-refractivity contribution in [2.45, 2.75) is 11.8 Å².